The largest absolute Gasteiger partial charge is 0.430 e. The third-order valence-corrected chi connectivity index (χ3v) is 3.24. The fraction of sp³-hybridized carbons (Fsp3) is 0.538. The smallest absolute Gasteiger partial charge is 0.228 e. The van der Waals surface area contributed by atoms with Crippen LogP contribution < -0.4 is 5.14 Å². The van der Waals surface area contributed by atoms with Crippen molar-refractivity contribution in [3.63, 3.8) is 0 Å². The number of amides is 1. The second-order valence-electron chi connectivity index (χ2n) is 5.13. The highest BCUT2D eigenvalue weighted by Crippen LogP contribution is 2.28. The summed E-state index contributed by atoms with van der Waals surface area (Å²) in [4.78, 5) is 15.8. The van der Waals surface area contributed by atoms with Crippen LogP contribution in [0.4, 0.5) is 4.39 Å². The van der Waals surface area contributed by atoms with Crippen LogP contribution in [0.3, 0.4) is 0 Å². The molecule has 1 rings (SSSR count). The van der Waals surface area contributed by atoms with E-state index in [1.807, 2.05) is 27.7 Å². The molecule has 2 N–H and O–H groups in total. The molecule has 0 aromatic carbocycles. The molecule has 1 amide bonds. The van der Waals surface area contributed by atoms with Crippen molar-refractivity contribution < 1.29 is 13.4 Å². The lowest BCUT2D eigenvalue weighted by Gasteiger charge is -2.18. The van der Waals surface area contributed by atoms with Gasteiger partial charge in [0, 0.05) is 5.69 Å². The van der Waals surface area contributed by atoms with Gasteiger partial charge in [-0.15, -0.1) is 10.8 Å². The molecule has 1 aromatic rings. The molecular weight excluding hydrogens is 281 g/mol. The Morgan fingerprint density at radius 2 is 2.00 bits per heavy atom. The molecule has 20 heavy (non-hydrogen) atoms. The van der Waals surface area contributed by atoms with E-state index in [-0.39, 0.29) is 18.3 Å². The Kier molecular flexibility index (Phi) is 5.76. The van der Waals surface area contributed by atoms with Crippen molar-refractivity contribution >= 4 is 16.7 Å². The number of nitrogens with zero attached hydrogens (tertiary/aromatic N) is 2. The van der Waals surface area contributed by atoms with Gasteiger partial charge in [0.25, 0.3) is 0 Å². The van der Waals surface area contributed by atoms with E-state index in [0.29, 0.717) is 16.8 Å². The summed E-state index contributed by atoms with van der Waals surface area (Å²) in [6, 6.07) is 0. The summed E-state index contributed by atoms with van der Waals surface area (Å²) in [5, 5.41) is 4.97. The van der Waals surface area contributed by atoms with E-state index < -0.39 is 22.5 Å². The highest BCUT2D eigenvalue weighted by atomic mass is 32.2. The predicted molar refractivity (Wildman–Crippen MR) is 75.8 cm³/mol. The van der Waals surface area contributed by atoms with Gasteiger partial charge in [-0.25, -0.2) is 4.39 Å². The lowest BCUT2D eigenvalue weighted by atomic mass is 9.90. The molecule has 0 aliphatic carbocycles. The molecule has 0 aliphatic rings. The van der Waals surface area contributed by atoms with Crippen LogP contribution in [-0.2, 0) is 26.2 Å². The van der Waals surface area contributed by atoms with E-state index in [1.165, 1.54) is 6.20 Å². The minimum Gasteiger partial charge on any atom is -0.430 e. The van der Waals surface area contributed by atoms with Crippen LogP contribution >= 0.6 is 0 Å². The van der Waals surface area contributed by atoms with Gasteiger partial charge in [-0.2, -0.15) is 0 Å². The lowest BCUT2D eigenvalue weighted by Crippen LogP contribution is -2.13. The number of carbonyl (C=O) groups is 1. The molecule has 0 saturated heterocycles. The Hall–Kier alpha value is -1.34. The molecule has 112 valence electrons. The molecule has 5 nitrogen and oxygen atoms in total. The summed E-state index contributed by atoms with van der Waals surface area (Å²) in [7, 11) is -2.05. The number of carbonyl (C=O) groups excluding carboxylic acids is 1. The first-order valence-corrected chi connectivity index (χ1v) is 7.49. The molecule has 0 unspecified atom stereocenters. The van der Waals surface area contributed by atoms with E-state index in [1.54, 1.807) is 0 Å². The maximum Gasteiger partial charge on any atom is 0.228 e. The number of nitrogens with two attached hydrogens (primary N) is 1. The molecule has 0 aliphatic heterocycles. The molecule has 0 bridgehead atoms. The second-order valence-corrected chi connectivity index (χ2v) is 5.87. The Morgan fingerprint density at radius 1 is 1.40 bits per heavy atom. The average Bonchev–Trinajstić information content (AvgIpc) is 2.26. The normalized spacial score (nSPS) is 13.2. The molecule has 0 radical (unpaired) electrons. The Labute approximate surface area is 120 Å². The quantitative estimate of drug-likeness (QED) is 0.867. The van der Waals surface area contributed by atoms with Crippen LogP contribution in [0.2, 0.25) is 0 Å². The Balaban J connectivity index is 3.39. The third-order valence-electron chi connectivity index (χ3n) is 2.85. The van der Waals surface area contributed by atoms with Crippen molar-refractivity contribution in [2.24, 2.45) is 9.50 Å². The summed E-state index contributed by atoms with van der Waals surface area (Å²) < 4.78 is 28.0. The van der Waals surface area contributed by atoms with Gasteiger partial charge < -0.3 is 13.7 Å². The number of hydrogen-bond acceptors (Lipinski definition) is 4. The fourth-order valence-corrected chi connectivity index (χ4v) is 2.41. The van der Waals surface area contributed by atoms with Gasteiger partial charge in [0.15, 0.2) is 0 Å². The summed E-state index contributed by atoms with van der Waals surface area (Å²) >= 11 is 0. The van der Waals surface area contributed by atoms with Crippen LogP contribution in [0.25, 0.3) is 0 Å². The van der Waals surface area contributed by atoms with Gasteiger partial charge in [0.05, 0.1) is 12.6 Å². The minimum atomic E-state index is -2.05. The molecule has 1 heterocycles. The van der Waals surface area contributed by atoms with Crippen molar-refractivity contribution in [1.29, 1.82) is 0 Å². The lowest BCUT2D eigenvalue weighted by molar-refractivity contribution is -0.117. The zero-order valence-corrected chi connectivity index (χ0v) is 12.8. The van der Waals surface area contributed by atoms with Crippen molar-refractivity contribution in [1.82, 2.24) is 4.98 Å². The van der Waals surface area contributed by atoms with Crippen molar-refractivity contribution in [3.05, 3.63) is 28.8 Å². The zero-order valence-electron chi connectivity index (χ0n) is 12.0. The highest BCUT2D eigenvalue weighted by Gasteiger charge is 2.20. The molecule has 0 atom stereocenters. The molecule has 0 spiro atoms. The SMILES string of the molecule is CC(C)c1ncc(F)c(C(C)C)c1CC(=O)N=[S-](N)=O. The minimum absolute atomic E-state index is 0.0410. The first-order valence-electron chi connectivity index (χ1n) is 6.32. The highest BCUT2D eigenvalue weighted by molar-refractivity contribution is 7.72. The van der Waals surface area contributed by atoms with Crippen molar-refractivity contribution in [3.8, 4) is 0 Å². The van der Waals surface area contributed by atoms with E-state index in [9.17, 15) is 13.4 Å². The monoisotopic (exact) mass is 300 g/mol. The van der Waals surface area contributed by atoms with Gasteiger partial charge in [0.1, 0.15) is 5.82 Å². The number of hydrogen-bond donors (Lipinski definition) is 1. The van der Waals surface area contributed by atoms with Gasteiger partial charge in [0.2, 0.25) is 5.91 Å². The molecule has 0 fully saturated rings. The van der Waals surface area contributed by atoms with Gasteiger partial charge in [-0.1, -0.05) is 27.7 Å². The topological polar surface area (TPSA) is 85.4 Å². The number of pyridine rings is 1. The first-order chi connectivity index (χ1) is 9.23. The fourth-order valence-electron chi connectivity index (χ4n) is 2.15. The molecular formula is C13H19FN3O2S-. The number of rotatable bonds is 4. The number of aromatic nitrogens is 1. The Morgan fingerprint density at radius 3 is 2.45 bits per heavy atom. The Bertz CT molecular complexity index is 594. The summed E-state index contributed by atoms with van der Waals surface area (Å²) in [6.07, 6.45) is 1.03. The van der Waals surface area contributed by atoms with Gasteiger partial charge in [-0.3, -0.25) is 9.78 Å². The standard InChI is InChI=1S/C13H19FN3O2S/c1-7(2)12-9(5-11(18)17-20(15)19)13(8(3)4)16-6-10(12)14/h6-8H,5H2,1-4H3,(H2,15,17,18,19)/q-1. The van der Waals surface area contributed by atoms with Gasteiger partial charge in [-0.05, 0) is 23.0 Å². The van der Waals surface area contributed by atoms with E-state index in [0.717, 1.165) is 0 Å². The van der Waals surface area contributed by atoms with Crippen molar-refractivity contribution in [2.75, 3.05) is 0 Å². The predicted octanol–water partition coefficient (Wildman–Crippen LogP) is 2.56. The van der Waals surface area contributed by atoms with E-state index in [2.05, 4.69) is 9.35 Å². The van der Waals surface area contributed by atoms with E-state index >= 15 is 0 Å². The maximum atomic E-state index is 14.0. The molecule has 0 saturated carbocycles. The summed E-state index contributed by atoms with van der Waals surface area (Å²) in [6.45, 7) is 7.51. The van der Waals surface area contributed by atoms with Crippen LogP contribution in [0.15, 0.2) is 10.6 Å². The third kappa shape index (κ3) is 4.08. The van der Waals surface area contributed by atoms with Gasteiger partial charge >= 0.3 is 0 Å². The van der Waals surface area contributed by atoms with Crippen LogP contribution in [0, 0.1) is 5.82 Å². The maximum absolute atomic E-state index is 14.0. The summed E-state index contributed by atoms with van der Waals surface area (Å²) in [5.41, 5.74) is 1.63. The summed E-state index contributed by atoms with van der Waals surface area (Å²) in [5.74, 6) is -1.14. The second kappa shape index (κ2) is 6.90. The average molecular weight is 300 g/mol. The number of halogens is 1. The van der Waals surface area contributed by atoms with Crippen LogP contribution in [0.1, 0.15) is 56.4 Å². The molecule has 7 heteroatoms. The van der Waals surface area contributed by atoms with Crippen LogP contribution in [0.5, 0.6) is 0 Å². The zero-order chi connectivity index (χ0) is 15.4. The van der Waals surface area contributed by atoms with Crippen LogP contribution in [-0.4, -0.2) is 10.9 Å². The van der Waals surface area contributed by atoms with Crippen molar-refractivity contribution in [2.45, 2.75) is 46.0 Å². The first kappa shape index (κ1) is 16.7. The molecule has 1 aromatic heterocycles. The van der Waals surface area contributed by atoms with E-state index in [4.69, 9.17) is 5.14 Å².